The molecule has 0 fully saturated rings. The molecule has 0 bridgehead atoms. The fraction of sp³-hybridized carbons (Fsp3) is 0.650. The van der Waals surface area contributed by atoms with Crippen molar-refractivity contribution in [3.63, 3.8) is 0 Å². The molecule has 3 nitrogen and oxygen atoms in total. The second-order valence-corrected chi connectivity index (χ2v) is 6.36. The van der Waals surface area contributed by atoms with Crippen molar-refractivity contribution in [2.75, 3.05) is 7.05 Å². The number of carboxylic acid groups (broad SMARTS) is 1. The standard InChI is InChI=1S/C20H33NO2/c1-4-6-8-10-12-16-14-15-18(20(22)23)19(21-3)17(16)13-11-9-7-5-2/h14-15,21H,4-13H2,1-3H3,(H,22,23). The second kappa shape index (κ2) is 11.2. The fourth-order valence-electron chi connectivity index (χ4n) is 3.22. The molecule has 0 radical (unpaired) electrons. The van der Waals surface area contributed by atoms with Gasteiger partial charge in [-0.1, -0.05) is 58.4 Å². The van der Waals surface area contributed by atoms with Gasteiger partial charge in [0.05, 0.1) is 18.6 Å². The minimum absolute atomic E-state index is 0.343. The van der Waals surface area contributed by atoms with E-state index >= 15 is 0 Å². The van der Waals surface area contributed by atoms with Gasteiger partial charge in [-0.25, -0.2) is 0 Å². The molecule has 0 aliphatic carbocycles. The summed E-state index contributed by atoms with van der Waals surface area (Å²) in [5, 5.41) is 13.3. The van der Waals surface area contributed by atoms with E-state index in [4.69, 9.17) is 0 Å². The van der Waals surface area contributed by atoms with E-state index in [1.807, 2.05) is 18.4 Å². The number of unbranched alkanes of at least 4 members (excludes halogenated alkanes) is 6. The summed E-state index contributed by atoms with van der Waals surface area (Å²) in [6, 6.07) is 3.74. The van der Waals surface area contributed by atoms with E-state index in [1.54, 1.807) is 6.07 Å². The minimum atomic E-state index is -1.06. The first-order chi connectivity index (χ1) is 11.2. The molecule has 2 N–H and O–H groups in total. The maximum absolute atomic E-state index is 11.4. The Morgan fingerprint density at radius 2 is 1.57 bits per heavy atom. The molecule has 23 heavy (non-hydrogen) atoms. The summed E-state index contributed by atoms with van der Waals surface area (Å²) in [6.07, 6.45) is 11.8. The van der Waals surface area contributed by atoms with E-state index in [2.05, 4.69) is 13.8 Å². The summed E-state index contributed by atoms with van der Waals surface area (Å²) in [5.74, 6) is -1.06. The zero-order valence-electron chi connectivity index (χ0n) is 15.1. The fourth-order valence-corrected chi connectivity index (χ4v) is 3.22. The molecule has 0 saturated heterocycles. The van der Waals surface area contributed by atoms with Crippen molar-refractivity contribution in [3.8, 4) is 0 Å². The average molecular weight is 319 g/mol. The maximum atomic E-state index is 11.4. The van der Waals surface area contributed by atoms with E-state index in [-0.39, 0.29) is 0 Å². The Morgan fingerprint density at radius 1 is 0.957 bits per heavy atom. The maximum Gasteiger partial charge on any atom is 0.142 e. The first-order valence-electron chi connectivity index (χ1n) is 9.31. The van der Waals surface area contributed by atoms with Gasteiger partial charge in [0.15, 0.2) is 0 Å². The average Bonchev–Trinajstić information content (AvgIpc) is 2.55. The number of carboxylic acids is 1. The number of aromatic carboxylic acids is 1. The normalized spacial score (nSPS) is 10.9. The van der Waals surface area contributed by atoms with Gasteiger partial charge in [-0.2, -0.15) is 0 Å². The Morgan fingerprint density at radius 3 is 2.09 bits per heavy atom. The Bertz CT molecular complexity index is 483. The number of hydrogen-bond donors (Lipinski definition) is 1. The number of carbonyl (C=O) groups excluding carboxylic acids is 1. The van der Waals surface area contributed by atoms with Crippen LogP contribution in [0.15, 0.2) is 12.1 Å². The van der Waals surface area contributed by atoms with Crippen molar-refractivity contribution in [1.82, 2.24) is 0 Å². The Kier molecular flexibility index (Phi) is 9.61. The van der Waals surface area contributed by atoms with Crippen molar-refractivity contribution >= 4 is 11.7 Å². The lowest BCUT2D eigenvalue weighted by Crippen LogP contribution is -2.74. The molecule has 130 valence electrons. The van der Waals surface area contributed by atoms with Crippen molar-refractivity contribution in [2.45, 2.75) is 78.1 Å². The third kappa shape index (κ3) is 6.34. The van der Waals surface area contributed by atoms with E-state index < -0.39 is 5.97 Å². The van der Waals surface area contributed by atoms with Crippen molar-refractivity contribution in [1.29, 1.82) is 0 Å². The van der Waals surface area contributed by atoms with Gasteiger partial charge < -0.3 is 15.2 Å². The lowest BCUT2D eigenvalue weighted by atomic mass is 9.92. The van der Waals surface area contributed by atoms with Gasteiger partial charge >= 0.3 is 0 Å². The highest BCUT2D eigenvalue weighted by atomic mass is 16.4. The number of nitrogens with two attached hydrogens (primary N) is 1. The smallest absolute Gasteiger partial charge is 0.142 e. The van der Waals surface area contributed by atoms with Gasteiger partial charge in [-0.15, -0.1) is 0 Å². The van der Waals surface area contributed by atoms with Gasteiger partial charge in [0.1, 0.15) is 5.69 Å². The zero-order chi connectivity index (χ0) is 17.1. The number of hydrogen-bond acceptors (Lipinski definition) is 2. The van der Waals surface area contributed by atoms with E-state index in [1.165, 1.54) is 56.1 Å². The van der Waals surface area contributed by atoms with Crippen LogP contribution >= 0.6 is 0 Å². The molecule has 1 rings (SSSR count). The zero-order valence-corrected chi connectivity index (χ0v) is 15.1. The van der Waals surface area contributed by atoms with E-state index in [0.29, 0.717) is 5.56 Å². The van der Waals surface area contributed by atoms with Crippen LogP contribution < -0.4 is 10.4 Å². The van der Waals surface area contributed by atoms with Crippen molar-refractivity contribution in [2.24, 2.45) is 0 Å². The molecule has 0 saturated carbocycles. The van der Waals surface area contributed by atoms with E-state index in [9.17, 15) is 9.90 Å². The molecule has 0 atom stereocenters. The van der Waals surface area contributed by atoms with Crippen LogP contribution in [0.25, 0.3) is 0 Å². The van der Waals surface area contributed by atoms with Gasteiger partial charge in [0.25, 0.3) is 0 Å². The van der Waals surface area contributed by atoms with Crippen LogP contribution in [0.3, 0.4) is 0 Å². The molecule has 0 aromatic heterocycles. The largest absolute Gasteiger partial charge is 0.545 e. The summed E-state index contributed by atoms with van der Waals surface area (Å²) in [4.78, 5) is 11.4. The van der Waals surface area contributed by atoms with Crippen LogP contribution in [0.1, 0.15) is 86.7 Å². The Labute approximate surface area is 141 Å². The monoisotopic (exact) mass is 319 g/mol. The first-order valence-corrected chi connectivity index (χ1v) is 9.31. The van der Waals surface area contributed by atoms with Crippen LogP contribution in [0.4, 0.5) is 5.69 Å². The quantitative estimate of drug-likeness (QED) is 0.475. The lowest BCUT2D eigenvalue weighted by Gasteiger charge is -2.16. The van der Waals surface area contributed by atoms with Crippen LogP contribution in [0, 0.1) is 0 Å². The topological polar surface area (TPSA) is 56.7 Å². The third-order valence-corrected chi connectivity index (χ3v) is 4.54. The van der Waals surface area contributed by atoms with Gasteiger partial charge in [-0.05, 0) is 37.3 Å². The summed E-state index contributed by atoms with van der Waals surface area (Å²) in [6.45, 7) is 4.43. The number of aryl methyl sites for hydroxylation is 1. The van der Waals surface area contributed by atoms with Gasteiger partial charge in [-0.3, -0.25) is 0 Å². The minimum Gasteiger partial charge on any atom is -0.545 e. The van der Waals surface area contributed by atoms with Crippen LogP contribution in [0.5, 0.6) is 0 Å². The summed E-state index contributed by atoms with van der Waals surface area (Å²) >= 11 is 0. The SMILES string of the molecule is CCCCCCc1ccc(C(=O)[O-])c([NH2+]C)c1CCCCCC. The van der Waals surface area contributed by atoms with Crippen LogP contribution in [0.2, 0.25) is 0 Å². The highest BCUT2D eigenvalue weighted by Gasteiger charge is 2.16. The van der Waals surface area contributed by atoms with Crippen LogP contribution in [-0.2, 0) is 12.8 Å². The number of benzene rings is 1. The molecule has 1 aromatic carbocycles. The molecule has 3 heteroatoms. The molecule has 0 amide bonds. The summed E-state index contributed by atoms with van der Waals surface area (Å²) < 4.78 is 0. The predicted molar refractivity (Wildman–Crippen MR) is 94.0 cm³/mol. The van der Waals surface area contributed by atoms with Crippen molar-refractivity contribution in [3.05, 3.63) is 28.8 Å². The molecule has 0 spiro atoms. The van der Waals surface area contributed by atoms with Gasteiger partial charge in [0.2, 0.25) is 0 Å². The predicted octanol–water partition coefficient (Wildman–Crippen LogP) is 3.12. The van der Waals surface area contributed by atoms with Crippen LogP contribution in [-0.4, -0.2) is 13.0 Å². The lowest BCUT2D eigenvalue weighted by molar-refractivity contribution is -0.540. The third-order valence-electron chi connectivity index (χ3n) is 4.54. The Hall–Kier alpha value is -1.35. The molecule has 0 heterocycles. The molecular weight excluding hydrogens is 286 g/mol. The number of quaternary nitrogens is 1. The highest BCUT2D eigenvalue weighted by Crippen LogP contribution is 2.25. The molecule has 0 aliphatic rings. The molecular formula is C20H33NO2. The molecule has 0 aliphatic heterocycles. The Balaban J connectivity index is 2.94. The first kappa shape index (κ1) is 19.7. The van der Waals surface area contributed by atoms with Gasteiger partial charge in [0, 0.05) is 5.56 Å². The molecule has 1 aromatic rings. The number of rotatable bonds is 12. The summed E-state index contributed by atoms with van der Waals surface area (Å²) in [5.41, 5.74) is 3.79. The highest BCUT2D eigenvalue weighted by molar-refractivity contribution is 5.91. The van der Waals surface area contributed by atoms with Crippen molar-refractivity contribution < 1.29 is 15.2 Å². The second-order valence-electron chi connectivity index (χ2n) is 6.36. The van der Waals surface area contributed by atoms with E-state index in [0.717, 1.165) is 24.9 Å². The summed E-state index contributed by atoms with van der Waals surface area (Å²) in [7, 11) is 1.93. The number of carbonyl (C=O) groups is 1. The molecule has 0 unspecified atom stereocenters.